The molecule has 1 heterocycles. The third kappa shape index (κ3) is 5.30. The first-order valence-corrected chi connectivity index (χ1v) is 8.41. The molecule has 0 radical (unpaired) electrons. The number of hydrogen-bond acceptors (Lipinski definition) is 3. The van der Waals surface area contributed by atoms with Crippen molar-refractivity contribution in [2.75, 3.05) is 19.6 Å². The molecule has 0 aromatic carbocycles. The van der Waals surface area contributed by atoms with Crippen LogP contribution in [-0.2, 0) is 9.59 Å². The van der Waals surface area contributed by atoms with E-state index >= 15 is 0 Å². The van der Waals surface area contributed by atoms with Crippen molar-refractivity contribution in [3.05, 3.63) is 0 Å². The smallest absolute Gasteiger partial charge is 0.304 e. The zero-order valence-electron chi connectivity index (χ0n) is 12.9. The number of carbonyl (C=O) groups is 2. The Morgan fingerprint density at radius 3 is 2.38 bits per heavy atom. The molecule has 120 valence electrons. The van der Waals surface area contributed by atoms with Crippen LogP contribution in [0.1, 0.15) is 57.8 Å². The van der Waals surface area contributed by atoms with Gasteiger partial charge in [-0.3, -0.25) is 9.59 Å². The summed E-state index contributed by atoms with van der Waals surface area (Å²) in [5.41, 5.74) is 0. The van der Waals surface area contributed by atoms with Gasteiger partial charge in [0.05, 0.1) is 12.5 Å². The van der Waals surface area contributed by atoms with Gasteiger partial charge in [0.15, 0.2) is 0 Å². The molecule has 2 rings (SSSR count). The number of hydrogen-bond donors (Lipinski definition) is 2. The Hall–Kier alpha value is -1.10. The number of likely N-dealkylation sites (tertiary alicyclic amines) is 1. The van der Waals surface area contributed by atoms with Crippen LogP contribution in [0, 0.1) is 5.92 Å². The summed E-state index contributed by atoms with van der Waals surface area (Å²) in [5, 5.41) is 12.0. The average Bonchev–Trinajstić information content (AvgIpc) is 3.00. The molecular weight excluding hydrogens is 268 g/mol. The van der Waals surface area contributed by atoms with Gasteiger partial charge < -0.3 is 15.3 Å². The second-order valence-corrected chi connectivity index (χ2v) is 6.42. The van der Waals surface area contributed by atoms with E-state index in [-0.39, 0.29) is 18.4 Å². The van der Waals surface area contributed by atoms with Gasteiger partial charge in [0, 0.05) is 19.6 Å². The van der Waals surface area contributed by atoms with Crippen molar-refractivity contribution in [3.63, 3.8) is 0 Å². The van der Waals surface area contributed by atoms with Gasteiger partial charge in [0.2, 0.25) is 5.91 Å². The number of amides is 1. The van der Waals surface area contributed by atoms with E-state index in [4.69, 9.17) is 5.11 Å². The van der Waals surface area contributed by atoms with E-state index in [1.807, 2.05) is 4.90 Å². The van der Waals surface area contributed by atoms with E-state index in [2.05, 4.69) is 5.32 Å². The number of carbonyl (C=O) groups excluding carboxylic acids is 1. The topological polar surface area (TPSA) is 69.6 Å². The number of nitrogens with one attached hydrogen (secondary N) is 1. The maximum Gasteiger partial charge on any atom is 0.304 e. The standard InChI is InChI=1S/C16H28N2O3/c19-15(20)8-9-17-14(12-13-6-2-1-3-7-13)16(21)18-10-4-5-11-18/h13-14,17H,1-12H2,(H,19,20). The summed E-state index contributed by atoms with van der Waals surface area (Å²) in [5.74, 6) is -0.0105. The highest BCUT2D eigenvalue weighted by atomic mass is 16.4. The van der Waals surface area contributed by atoms with Crippen LogP contribution in [0.15, 0.2) is 0 Å². The Morgan fingerprint density at radius 1 is 1.10 bits per heavy atom. The lowest BCUT2D eigenvalue weighted by Gasteiger charge is -2.29. The van der Waals surface area contributed by atoms with Crippen molar-refractivity contribution in [2.45, 2.75) is 63.8 Å². The third-order valence-corrected chi connectivity index (χ3v) is 4.74. The van der Waals surface area contributed by atoms with E-state index < -0.39 is 5.97 Å². The van der Waals surface area contributed by atoms with Crippen LogP contribution < -0.4 is 5.32 Å². The highest BCUT2D eigenvalue weighted by Crippen LogP contribution is 2.28. The summed E-state index contributed by atoms with van der Waals surface area (Å²) >= 11 is 0. The highest BCUT2D eigenvalue weighted by molar-refractivity contribution is 5.82. The van der Waals surface area contributed by atoms with Crippen LogP contribution in [0.25, 0.3) is 0 Å². The van der Waals surface area contributed by atoms with E-state index in [9.17, 15) is 9.59 Å². The van der Waals surface area contributed by atoms with Crippen LogP contribution in [0.2, 0.25) is 0 Å². The molecule has 1 aliphatic heterocycles. The van der Waals surface area contributed by atoms with Crippen molar-refractivity contribution in [3.8, 4) is 0 Å². The molecule has 0 bridgehead atoms. The first kappa shape index (κ1) is 16.3. The Labute approximate surface area is 127 Å². The van der Waals surface area contributed by atoms with Crippen LogP contribution in [0.3, 0.4) is 0 Å². The molecule has 2 fully saturated rings. The lowest BCUT2D eigenvalue weighted by Crippen LogP contribution is -2.47. The molecule has 1 amide bonds. The predicted octanol–water partition coefficient (Wildman–Crippen LogP) is 2.01. The maximum atomic E-state index is 12.6. The van der Waals surface area contributed by atoms with Crippen molar-refractivity contribution < 1.29 is 14.7 Å². The summed E-state index contributed by atoms with van der Waals surface area (Å²) in [6, 6.07) is -0.189. The van der Waals surface area contributed by atoms with Gasteiger partial charge in [-0.25, -0.2) is 0 Å². The van der Waals surface area contributed by atoms with Crippen LogP contribution in [0.5, 0.6) is 0 Å². The zero-order chi connectivity index (χ0) is 15.1. The number of aliphatic carboxylic acids is 1. The molecule has 2 aliphatic rings. The summed E-state index contributed by atoms with van der Waals surface area (Å²) in [4.78, 5) is 25.2. The van der Waals surface area contributed by atoms with Crippen molar-refractivity contribution in [1.82, 2.24) is 10.2 Å². The molecule has 1 unspecified atom stereocenters. The monoisotopic (exact) mass is 296 g/mol. The maximum absolute atomic E-state index is 12.6. The predicted molar refractivity (Wildman–Crippen MR) is 81.0 cm³/mol. The SMILES string of the molecule is O=C(O)CCNC(CC1CCCCC1)C(=O)N1CCCC1. The van der Waals surface area contributed by atoms with Crippen LogP contribution >= 0.6 is 0 Å². The van der Waals surface area contributed by atoms with Gasteiger partial charge >= 0.3 is 5.97 Å². The Balaban J connectivity index is 1.87. The molecule has 1 aliphatic carbocycles. The average molecular weight is 296 g/mol. The number of rotatable bonds is 7. The van der Waals surface area contributed by atoms with E-state index in [1.165, 1.54) is 32.1 Å². The van der Waals surface area contributed by atoms with E-state index in [0.717, 1.165) is 32.4 Å². The fraction of sp³-hybridized carbons (Fsp3) is 0.875. The normalized spacial score (nSPS) is 21.4. The molecule has 5 heteroatoms. The fourth-order valence-corrected chi connectivity index (χ4v) is 3.54. The number of carboxylic acid groups (broad SMARTS) is 1. The van der Waals surface area contributed by atoms with Gasteiger partial charge in [0.1, 0.15) is 0 Å². The Kier molecular flexibility index (Phi) is 6.49. The largest absolute Gasteiger partial charge is 0.481 e. The minimum Gasteiger partial charge on any atom is -0.481 e. The quantitative estimate of drug-likeness (QED) is 0.754. The van der Waals surface area contributed by atoms with Crippen molar-refractivity contribution in [2.24, 2.45) is 5.92 Å². The minimum absolute atomic E-state index is 0.0778. The highest BCUT2D eigenvalue weighted by Gasteiger charge is 2.29. The molecule has 0 spiro atoms. The molecule has 1 saturated carbocycles. The molecular formula is C16H28N2O3. The molecule has 1 saturated heterocycles. The Bertz CT molecular complexity index is 347. The fourth-order valence-electron chi connectivity index (χ4n) is 3.54. The molecule has 0 aromatic rings. The Morgan fingerprint density at radius 2 is 1.76 bits per heavy atom. The van der Waals surface area contributed by atoms with Crippen LogP contribution in [0.4, 0.5) is 0 Å². The van der Waals surface area contributed by atoms with Gasteiger partial charge in [0.25, 0.3) is 0 Å². The third-order valence-electron chi connectivity index (χ3n) is 4.74. The second kappa shape index (κ2) is 8.37. The lowest BCUT2D eigenvalue weighted by molar-refractivity contribution is -0.137. The van der Waals surface area contributed by atoms with Gasteiger partial charge in [-0.05, 0) is 25.2 Å². The minimum atomic E-state index is -0.812. The van der Waals surface area contributed by atoms with E-state index in [0.29, 0.717) is 12.5 Å². The van der Waals surface area contributed by atoms with Crippen molar-refractivity contribution in [1.29, 1.82) is 0 Å². The molecule has 1 atom stereocenters. The second-order valence-electron chi connectivity index (χ2n) is 6.42. The summed E-state index contributed by atoms with van der Waals surface area (Å²) in [6.07, 6.45) is 9.41. The number of nitrogens with zero attached hydrogens (tertiary/aromatic N) is 1. The van der Waals surface area contributed by atoms with Gasteiger partial charge in [-0.15, -0.1) is 0 Å². The summed E-state index contributed by atoms with van der Waals surface area (Å²) in [6.45, 7) is 2.10. The molecule has 5 nitrogen and oxygen atoms in total. The summed E-state index contributed by atoms with van der Waals surface area (Å²) in [7, 11) is 0. The number of carboxylic acids is 1. The van der Waals surface area contributed by atoms with Crippen molar-refractivity contribution >= 4 is 11.9 Å². The van der Waals surface area contributed by atoms with Gasteiger partial charge in [-0.2, -0.15) is 0 Å². The van der Waals surface area contributed by atoms with E-state index in [1.54, 1.807) is 0 Å². The molecule has 0 aromatic heterocycles. The van der Waals surface area contributed by atoms with Gasteiger partial charge in [-0.1, -0.05) is 32.1 Å². The summed E-state index contributed by atoms with van der Waals surface area (Å²) < 4.78 is 0. The first-order chi connectivity index (χ1) is 10.2. The molecule has 2 N–H and O–H groups in total. The van der Waals surface area contributed by atoms with Crippen LogP contribution in [-0.4, -0.2) is 47.6 Å². The zero-order valence-corrected chi connectivity index (χ0v) is 12.9. The molecule has 21 heavy (non-hydrogen) atoms. The first-order valence-electron chi connectivity index (χ1n) is 8.41. The lowest BCUT2D eigenvalue weighted by atomic mass is 9.84.